The number of thiophene rings is 1. The summed E-state index contributed by atoms with van der Waals surface area (Å²) in [5.41, 5.74) is 7.60. The molecule has 0 unspecified atom stereocenters. The molecule has 0 fully saturated rings. The summed E-state index contributed by atoms with van der Waals surface area (Å²) in [5, 5.41) is 9.69. The van der Waals surface area contributed by atoms with Crippen molar-refractivity contribution in [2.24, 2.45) is 0 Å². The first kappa shape index (κ1) is 26.3. The molecule has 47 heavy (non-hydrogen) atoms. The van der Waals surface area contributed by atoms with E-state index in [4.69, 9.17) is 4.42 Å². The molecule has 220 valence electrons. The maximum absolute atomic E-state index is 6.49. The standard InChI is InChI=1S/C44H27NOS/c1-3-11-34-28(8-1)10-7-14-35(34)30-16-19-31(20-17-30)45(33-21-24-38-37-13-5-6-15-42(37)47-43(38)27-33)32-22-25-41-40(26-32)39-23-18-29-9-2-4-12-36(29)44(39)46-41/h1-27H. The summed E-state index contributed by atoms with van der Waals surface area (Å²) in [6.07, 6.45) is 0. The molecule has 2 aromatic heterocycles. The molecule has 0 saturated carbocycles. The number of fused-ring (bicyclic) bond motifs is 9. The molecule has 0 aliphatic carbocycles. The highest BCUT2D eigenvalue weighted by atomic mass is 32.1. The van der Waals surface area contributed by atoms with E-state index < -0.39 is 0 Å². The van der Waals surface area contributed by atoms with Gasteiger partial charge >= 0.3 is 0 Å². The van der Waals surface area contributed by atoms with E-state index in [9.17, 15) is 0 Å². The van der Waals surface area contributed by atoms with Crippen molar-refractivity contribution in [2.75, 3.05) is 4.90 Å². The van der Waals surface area contributed by atoms with Crippen LogP contribution in [0.1, 0.15) is 0 Å². The minimum absolute atomic E-state index is 0.895. The van der Waals surface area contributed by atoms with Crippen molar-refractivity contribution < 1.29 is 4.42 Å². The van der Waals surface area contributed by atoms with E-state index >= 15 is 0 Å². The van der Waals surface area contributed by atoms with E-state index in [0.717, 1.165) is 44.4 Å². The quantitative estimate of drug-likeness (QED) is 0.195. The second kappa shape index (κ2) is 10.3. The molecule has 8 aromatic carbocycles. The van der Waals surface area contributed by atoms with Gasteiger partial charge in [-0.15, -0.1) is 11.3 Å². The van der Waals surface area contributed by atoms with E-state index in [-0.39, 0.29) is 0 Å². The van der Waals surface area contributed by atoms with Gasteiger partial charge in [0, 0.05) is 53.4 Å². The van der Waals surface area contributed by atoms with Crippen LogP contribution >= 0.6 is 11.3 Å². The summed E-state index contributed by atoms with van der Waals surface area (Å²) in [6, 6.07) is 59.1. The molecule has 0 aliphatic rings. The predicted octanol–water partition coefficient (Wildman–Crippen LogP) is 13.4. The van der Waals surface area contributed by atoms with Crippen molar-refractivity contribution in [1.82, 2.24) is 0 Å². The lowest BCUT2D eigenvalue weighted by atomic mass is 9.98. The molecule has 0 saturated heterocycles. The van der Waals surface area contributed by atoms with Crippen LogP contribution in [0.4, 0.5) is 17.1 Å². The minimum atomic E-state index is 0.895. The van der Waals surface area contributed by atoms with Gasteiger partial charge in [-0.1, -0.05) is 109 Å². The molecule has 0 N–H and O–H groups in total. The fourth-order valence-corrected chi connectivity index (χ4v) is 8.34. The van der Waals surface area contributed by atoms with Gasteiger partial charge in [-0.05, 0) is 81.9 Å². The van der Waals surface area contributed by atoms with Crippen molar-refractivity contribution in [2.45, 2.75) is 0 Å². The van der Waals surface area contributed by atoms with E-state index in [0.29, 0.717) is 0 Å². The van der Waals surface area contributed by atoms with Crippen molar-refractivity contribution in [3.05, 3.63) is 164 Å². The van der Waals surface area contributed by atoms with Gasteiger partial charge in [0.15, 0.2) is 0 Å². The van der Waals surface area contributed by atoms with Crippen LogP contribution in [0.2, 0.25) is 0 Å². The predicted molar refractivity (Wildman–Crippen MR) is 202 cm³/mol. The van der Waals surface area contributed by atoms with E-state index in [1.807, 2.05) is 11.3 Å². The van der Waals surface area contributed by atoms with Gasteiger partial charge in [-0.2, -0.15) is 0 Å². The third-order valence-electron chi connectivity index (χ3n) is 9.45. The van der Waals surface area contributed by atoms with Crippen LogP contribution in [0.3, 0.4) is 0 Å². The Kier molecular flexibility index (Phi) is 5.78. The average molecular weight is 618 g/mol. The van der Waals surface area contributed by atoms with Crippen LogP contribution < -0.4 is 4.90 Å². The Balaban J connectivity index is 1.16. The lowest BCUT2D eigenvalue weighted by molar-refractivity contribution is 0.672. The molecule has 0 amide bonds. The van der Waals surface area contributed by atoms with Gasteiger partial charge in [-0.3, -0.25) is 0 Å². The smallest absolute Gasteiger partial charge is 0.143 e. The lowest BCUT2D eigenvalue weighted by Gasteiger charge is -2.26. The van der Waals surface area contributed by atoms with Crippen LogP contribution in [0.5, 0.6) is 0 Å². The maximum atomic E-state index is 6.49. The van der Waals surface area contributed by atoms with Gasteiger partial charge in [0.25, 0.3) is 0 Å². The molecule has 0 aliphatic heterocycles. The average Bonchev–Trinajstić information content (AvgIpc) is 3.70. The SMILES string of the molecule is c1ccc2c(-c3ccc(N(c4ccc5c(c4)sc4ccccc45)c4ccc5oc6c7ccccc7ccc6c5c4)cc3)cccc2c1. The van der Waals surface area contributed by atoms with Crippen LogP contribution in [0.15, 0.2) is 168 Å². The third-order valence-corrected chi connectivity index (χ3v) is 10.6. The second-order valence-corrected chi connectivity index (χ2v) is 13.2. The Hall–Kier alpha value is -5.90. The maximum Gasteiger partial charge on any atom is 0.143 e. The number of hydrogen-bond donors (Lipinski definition) is 0. The summed E-state index contributed by atoms with van der Waals surface area (Å²) in [4.78, 5) is 2.37. The second-order valence-electron chi connectivity index (χ2n) is 12.1. The largest absolute Gasteiger partial charge is 0.455 e. The number of rotatable bonds is 4. The van der Waals surface area contributed by atoms with Crippen LogP contribution in [0.25, 0.3) is 74.8 Å². The van der Waals surface area contributed by atoms with Gasteiger partial charge in [-0.25, -0.2) is 0 Å². The minimum Gasteiger partial charge on any atom is -0.455 e. The number of hydrogen-bond acceptors (Lipinski definition) is 3. The van der Waals surface area contributed by atoms with Gasteiger partial charge in [0.1, 0.15) is 11.2 Å². The van der Waals surface area contributed by atoms with Crippen LogP contribution in [0, 0.1) is 0 Å². The summed E-state index contributed by atoms with van der Waals surface area (Å²) < 4.78 is 9.08. The third kappa shape index (κ3) is 4.17. The molecular formula is C44H27NOS. The highest BCUT2D eigenvalue weighted by Gasteiger charge is 2.18. The molecule has 2 nitrogen and oxygen atoms in total. The zero-order valence-corrected chi connectivity index (χ0v) is 26.2. The summed E-state index contributed by atoms with van der Waals surface area (Å²) in [5.74, 6) is 0. The van der Waals surface area contributed by atoms with Crippen molar-refractivity contribution in [1.29, 1.82) is 0 Å². The highest BCUT2D eigenvalue weighted by molar-refractivity contribution is 7.25. The Morgan fingerprint density at radius 1 is 0.404 bits per heavy atom. The van der Waals surface area contributed by atoms with Gasteiger partial charge in [0.05, 0.1) is 0 Å². The molecular weight excluding hydrogens is 591 g/mol. The number of anilines is 3. The van der Waals surface area contributed by atoms with E-state index in [2.05, 4.69) is 169 Å². The first-order valence-corrected chi connectivity index (χ1v) is 16.7. The topological polar surface area (TPSA) is 16.4 Å². The van der Waals surface area contributed by atoms with Gasteiger partial charge < -0.3 is 9.32 Å². The van der Waals surface area contributed by atoms with E-state index in [1.165, 1.54) is 47.5 Å². The Morgan fingerprint density at radius 3 is 1.91 bits per heavy atom. The fourth-order valence-electron chi connectivity index (χ4n) is 7.20. The normalized spacial score (nSPS) is 11.8. The Morgan fingerprint density at radius 2 is 1.04 bits per heavy atom. The zero-order chi connectivity index (χ0) is 30.9. The molecule has 0 radical (unpaired) electrons. The monoisotopic (exact) mass is 617 g/mol. The van der Waals surface area contributed by atoms with E-state index in [1.54, 1.807) is 0 Å². The Bertz CT molecular complexity index is 2800. The molecule has 2 heterocycles. The summed E-state index contributed by atoms with van der Waals surface area (Å²) >= 11 is 1.85. The molecule has 0 bridgehead atoms. The number of benzene rings is 8. The summed E-state index contributed by atoms with van der Waals surface area (Å²) in [6.45, 7) is 0. The van der Waals surface area contributed by atoms with Crippen LogP contribution in [-0.4, -0.2) is 0 Å². The van der Waals surface area contributed by atoms with Crippen LogP contribution in [-0.2, 0) is 0 Å². The lowest BCUT2D eigenvalue weighted by Crippen LogP contribution is -2.09. The summed E-state index contributed by atoms with van der Waals surface area (Å²) in [7, 11) is 0. The fraction of sp³-hybridized carbons (Fsp3) is 0. The van der Waals surface area contributed by atoms with Crippen molar-refractivity contribution in [3.63, 3.8) is 0 Å². The van der Waals surface area contributed by atoms with Crippen molar-refractivity contribution >= 4 is 92.1 Å². The van der Waals surface area contributed by atoms with Crippen molar-refractivity contribution in [3.8, 4) is 11.1 Å². The molecule has 0 spiro atoms. The van der Waals surface area contributed by atoms with Gasteiger partial charge in [0.2, 0.25) is 0 Å². The number of furan rings is 1. The molecule has 3 heteroatoms. The zero-order valence-electron chi connectivity index (χ0n) is 25.4. The molecule has 10 rings (SSSR count). The molecule has 10 aromatic rings. The number of nitrogens with zero attached hydrogens (tertiary/aromatic N) is 1. The Labute approximate surface area is 275 Å². The first-order valence-electron chi connectivity index (χ1n) is 15.9. The molecule has 0 atom stereocenters. The first-order chi connectivity index (χ1) is 23.3. The highest BCUT2D eigenvalue weighted by Crippen LogP contribution is 2.43.